The van der Waals surface area contributed by atoms with Crippen LogP contribution in [0.3, 0.4) is 0 Å². The van der Waals surface area contributed by atoms with Crippen LogP contribution in [0.1, 0.15) is 19.3 Å². The topological polar surface area (TPSA) is 110 Å². The number of fused-ring (bicyclic) bond motifs is 1. The molecule has 2 aromatic heterocycles. The highest BCUT2D eigenvalue weighted by atomic mass is 32.2. The van der Waals surface area contributed by atoms with Gasteiger partial charge in [-0.05, 0) is 99.9 Å². The molecule has 0 radical (unpaired) electrons. The van der Waals surface area contributed by atoms with E-state index in [1.54, 1.807) is 6.07 Å². The van der Waals surface area contributed by atoms with Gasteiger partial charge in [0.1, 0.15) is 28.7 Å². The Bertz CT molecular complexity index is 1960. The Kier molecular flexibility index (Phi) is 8.95. The van der Waals surface area contributed by atoms with E-state index in [-0.39, 0.29) is 16.6 Å². The fraction of sp³-hybridized carbons (Fsp3) is 0.242. The molecule has 1 aliphatic heterocycles. The number of nitrogens with one attached hydrogen (secondary N) is 1. The zero-order valence-electron chi connectivity index (χ0n) is 25.0. The number of rotatable bonds is 11. The number of piperidine rings is 1. The Labute approximate surface area is 265 Å². The Hall–Kier alpha value is -4.88. The van der Waals surface area contributed by atoms with Gasteiger partial charge in [0.25, 0.3) is 10.0 Å². The van der Waals surface area contributed by atoms with Crippen LogP contribution in [0.2, 0.25) is 0 Å². The van der Waals surface area contributed by atoms with Crippen molar-refractivity contribution in [3.63, 3.8) is 0 Å². The Balaban J connectivity index is 1.15. The van der Waals surface area contributed by atoms with Gasteiger partial charge in [0, 0.05) is 47.0 Å². The number of carbonyl (C=O) groups is 1. The van der Waals surface area contributed by atoms with Crippen LogP contribution >= 0.6 is 0 Å². The SMILES string of the molecule is CN1CCC(CCn2ccc3cc(-c4cc(Nc5ccc(N(OC=O)S(=O)(=O)c6ccc(F)cc6F)cc5)ncn4)ccc32)CC1. The lowest BCUT2D eigenvalue weighted by Gasteiger charge is -2.29. The van der Waals surface area contributed by atoms with E-state index in [0.29, 0.717) is 23.3 Å². The Morgan fingerprint density at radius 1 is 1.00 bits per heavy atom. The second kappa shape index (κ2) is 13.2. The van der Waals surface area contributed by atoms with Crippen molar-refractivity contribution in [2.45, 2.75) is 30.7 Å². The quantitative estimate of drug-likeness (QED) is 0.135. The van der Waals surface area contributed by atoms with Gasteiger partial charge in [0.2, 0.25) is 0 Å². The van der Waals surface area contributed by atoms with Gasteiger partial charge in [-0.3, -0.25) is 4.79 Å². The fourth-order valence-corrected chi connectivity index (χ4v) is 6.97. The molecule has 10 nitrogen and oxygen atoms in total. The predicted molar refractivity (Wildman–Crippen MR) is 171 cm³/mol. The molecule has 0 bridgehead atoms. The Morgan fingerprint density at radius 2 is 1.78 bits per heavy atom. The standard InChI is InChI=1S/C33H32F2N6O4S/c1-39-14-10-23(11-15-39)12-16-40-17-13-25-18-24(2-8-31(25)40)30-20-33(37-21-36-30)38-27-4-6-28(7-5-27)41(45-22-42)46(43,44)32-9-3-26(34)19-29(32)35/h2-9,13,17-23H,10-12,14-16H2,1H3,(H,36,37,38). The first kappa shape index (κ1) is 31.1. The fourth-order valence-electron chi connectivity index (χ4n) is 5.69. The monoisotopic (exact) mass is 646 g/mol. The van der Waals surface area contributed by atoms with Gasteiger partial charge in [-0.1, -0.05) is 10.5 Å². The molecule has 1 saturated heterocycles. The molecule has 6 rings (SSSR count). The number of benzene rings is 3. The zero-order chi connectivity index (χ0) is 32.3. The van der Waals surface area contributed by atoms with Gasteiger partial charge < -0.3 is 19.6 Å². The first-order valence-corrected chi connectivity index (χ1v) is 16.2. The van der Waals surface area contributed by atoms with Crippen molar-refractivity contribution >= 4 is 44.6 Å². The van der Waals surface area contributed by atoms with Crippen LogP contribution in [0.5, 0.6) is 0 Å². The Morgan fingerprint density at radius 3 is 2.52 bits per heavy atom. The number of carbonyl (C=O) groups excluding carboxylic acids is 1. The number of hydrogen-bond donors (Lipinski definition) is 1. The third kappa shape index (κ3) is 6.70. The lowest BCUT2D eigenvalue weighted by atomic mass is 9.94. The molecule has 13 heteroatoms. The second-order valence-corrected chi connectivity index (χ2v) is 13.0. The maximum atomic E-state index is 14.3. The van der Waals surface area contributed by atoms with E-state index in [1.165, 1.54) is 68.5 Å². The average Bonchev–Trinajstić information content (AvgIpc) is 3.46. The van der Waals surface area contributed by atoms with E-state index in [1.807, 2.05) is 6.07 Å². The smallest absolute Gasteiger partial charge is 0.322 e. The molecule has 1 aliphatic rings. The molecule has 0 amide bonds. The molecule has 5 aromatic rings. The lowest BCUT2D eigenvalue weighted by molar-refractivity contribution is -0.128. The minimum Gasteiger partial charge on any atom is -0.347 e. The molecule has 0 unspecified atom stereocenters. The summed E-state index contributed by atoms with van der Waals surface area (Å²) in [4.78, 5) is 26.1. The second-order valence-electron chi connectivity index (χ2n) is 11.3. The summed E-state index contributed by atoms with van der Waals surface area (Å²) in [5, 5.41) is 4.28. The van der Waals surface area contributed by atoms with Crippen molar-refractivity contribution in [1.29, 1.82) is 0 Å². The minimum absolute atomic E-state index is 0.0867. The van der Waals surface area contributed by atoms with Crippen molar-refractivity contribution in [1.82, 2.24) is 19.4 Å². The normalized spacial score (nSPS) is 14.3. The van der Waals surface area contributed by atoms with E-state index in [9.17, 15) is 22.0 Å². The molecule has 1 fully saturated rings. The summed E-state index contributed by atoms with van der Waals surface area (Å²) in [6, 6.07) is 18.0. The number of likely N-dealkylation sites (tertiary alicyclic amines) is 1. The van der Waals surface area contributed by atoms with Crippen LogP contribution in [0.4, 0.5) is 26.0 Å². The summed E-state index contributed by atoms with van der Waals surface area (Å²) in [6.07, 6.45) is 7.27. The number of hydrogen-bond acceptors (Lipinski definition) is 8. The molecule has 1 N–H and O–H groups in total. The molecular weight excluding hydrogens is 614 g/mol. The van der Waals surface area contributed by atoms with E-state index in [2.05, 4.69) is 56.2 Å². The van der Waals surface area contributed by atoms with Crippen LogP contribution in [0, 0.1) is 17.6 Å². The molecule has 3 heterocycles. The summed E-state index contributed by atoms with van der Waals surface area (Å²) >= 11 is 0. The first-order valence-electron chi connectivity index (χ1n) is 14.8. The zero-order valence-corrected chi connectivity index (χ0v) is 25.8. The van der Waals surface area contributed by atoms with Gasteiger partial charge in [-0.25, -0.2) is 18.7 Å². The van der Waals surface area contributed by atoms with Crippen LogP contribution in [0.15, 0.2) is 90.2 Å². The largest absolute Gasteiger partial charge is 0.347 e. The number of nitrogens with zero attached hydrogens (tertiary/aromatic N) is 5. The highest BCUT2D eigenvalue weighted by molar-refractivity contribution is 7.92. The number of anilines is 3. The van der Waals surface area contributed by atoms with Crippen molar-refractivity contribution < 1.29 is 26.8 Å². The van der Waals surface area contributed by atoms with Crippen LogP contribution in [-0.2, 0) is 26.2 Å². The number of aromatic nitrogens is 3. The number of halogens is 2. The predicted octanol–water partition coefficient (Wildman–Crippen LogP) is 6.14. The van der Waals surface area contributed by atoms with Gasteiger partial charge >= 0.3 is 6.47 Å². The summed E-state index contributed by atoms with van der Waals surface area (Å²) < 4.78 is 56.3. The van der Waals surface area contributed by atoms with Crippen molar-refractivity contribution in [2.75, 3.05) is 29.9 Å². The minimum atomic E-state index is -4.70. The number of sulfonamides is 1. The highest BCUT2D eigenvalue weighted by Gasteiger charge is 2.30. The van der Waals surface area contributed by atoms with E-state index in [0.717, 1.165) is 35.5 Å². The maximum absolute atomic E-state index is 14.3. The molecule has 238 valence electrons. The van der Waals surface area contributed by atoms with E-state index in [4.69, 9.17) is 4.84 Å². The van der Waals surface area contributed by atoms with Crippen LogP contribution in [0.25, 0.3) is 22.2 Å². The molecule has 0 spiro atoms. The van der Waals surface area contributed by atoms with Crippen molar-refractivity contribution in [3.8, 4) is 11.3 Å². The third-order valence-electron chi connectivity index (χ3n) is 8.23. The van der Waals surface area contributed by atoms with Crippen LogP contribution < -0.4 is 9.79 Å². The van der Waals surface area contributed by atoms with Crippen molar-refractivity contribution in [3.05, 3.63) is 97.0 Å². The third-order valence-corrected chi connectivity index (χ3v) is 9.85. The van der Waals surface area contributed by atoms with Gasteiger partial charge in [0.05, 0.1) is 11.4 Å². The van der Waals surface area contributed by atoms with Crippen LogP contribution in [-0.4, -0.2) is 54.5 Å². The summed E-state index contributed by atoms with van der Waals surface area (Å²) in [7, 11) is -2.52. The first-order chi connectivity index (χ1) is 22.2. The van der Waals surface area contributed by atoms with Gasteiger partial charge in [0.15, 0.2) is 0 Å². The van der Waals surface area contributed by atoms with Gasteiger partial charge in [-0.2, -0.15) is 8.42 Å². The molecule has 0 aliphatic carbocycles. The highest BCUT2D eigenvalue weighted by Crippen LogP contribution is 2.30. The summed E-state index contributed by atoms with van der Waals surface area (Å²) in [5.41, 5.74) is 3.29. The molecule has 3 aromatic carbocycles. The number of aryl methyl sites for hydroxylation is 1. The molecule has 0 atom stereocenters. The van der Waals surface area contributed by atoms with Gasteiger partial charge in [-0.15, -0.1) is 0 Å². The summed E-state index contributed by atoms with van der Waals surface area (Å²) in [5.74, 6) is -1.01. The molecule has 0 saturated carbocycles. The maximum Gasteiger partial charge on any atom is 0.322 e. The van der Waals surface area contributed by atoms with E-state index < -0.39 is 26.6 Å². The molecular formula is C33H32F2N6O4S. The summed E-state index contributed by atoms with van der Waals surface area (Å²) in [6.45, 7) is 3.23. The average molecular weight is 647 g/mol. The molecule has 46 heavy (non-hydrogen) atoms. The lowest BCUT2D eigenvalue weighted by Crippen LogP contribution is -2.31. The van der Waals surface area contributed by atoms with Crippen molar-refractivity contribution in [2.24, 2.45) is 5.92 Å². The van der Waals surface area contributed by atoms with E-state index >= 15 is 0 Å².